The quantitative estimate of drug-likeness (QED) is 0.172. The van der Waals surface area contributed by atoms with E-state index in [1.165, 1.54) is 49.7 Å². The van der Waals surface area contributed by atoms with Crippen LogP contribution in [0, 0.1) is 0 Å². The van der Waals surface area contributed by atoms with Gasteiger partial charge in [-0.25, -0.2) is 15.0 Å². The molecule has 0 N–H and O–H groups in total. The summed E-state index contributed by atoms with van der Waals surface area (Å²) in [5, 5.41) is 2.38. The lowest BCUT2D eigenvalue weighted by atomic mass is 9.70. The van der Waals surface area contributed by atoms with Crippen LogP contribution in [0.5, 0.6) is 23.0 Å². The number of rotatable bonds is 5. The van der Waals surface area contributed by atoms with Crippen molar-refractivity contribution in [2.75, 3.05) is 0 Å². The Morgan fingerprint density at radius 1 is 0.300 bits per heavy atom. The fourth-order valence-corrected chi connectivity index (χ4v) is 11.5. The molecule has 15 rings (SSSR count). The zero-order chi connectivity index (χ0) is 45.9. The van der Waals surface area contributed by atoms with Crippen molar-refractivity contribution in [3.05, 3.63) is 253 Å². The van der Waals surface area contributed by atoms with Crippen LogP contribution < -0.4 is 9.47 Å². The highest BCUT2D eigenvalue weighted by atomic mass is 16.6. The van der Waals surface area contributed by atoms with Crippen LogP contribution in [0.15, 0.2) is 231 Å². The molecule has 2 aliphatic carbocycles. The van der Waals surface area contributed by atoms with Crippen LogP contribution in [0.3, 0.4) is 0 Å². The van der Waals surface area contributed by atoms with E-state index in [2.05, 4.69) is 150 Å². The molecule has 0 amide bonds. The van der Waals surface area contributed by atoms with Gasteiger partial charge in [0.05, 0.1) is 16.4 Å². The number of para-hydroxylation sites is 3. The van der Waals surface area contributed by atoms with Crippen molar-refractivity contribution >= 4 is 21.8 Å². The molecule has 6 nitrogen and oxygen atoms in total. The second-order valence-electron chi connectivity index (χ2n) is 18.3. The Morgan fingerprint density at radius 2 is 0.771 bits per heavy atom. The van der Waals surface area contributed by atoms with Crippen molar-refractivity contribution in [1.29, 1.82) is 0 Å². The molecule has 70 heavy (non-hydrogen) atoms. The highest BCUT2D eigenvalue weighted by molar-refractivity contribution is 6.10. The van der Waals surface area contributed by atoms with Crippen LogP contribution in [0.25, 0.3) is 95.0 Å². The van der Waals surface area contributed by atoms with Crippen LogP contribution in [-0.4, -0.2) is 19.5 Å². The molecule has 0 atom stereocenters. The van der Waals surface area contributed by atoms with Crippen molar-refractivity contribution in [3.63, 3.8) is 0 Å². The standard InChI is InChI=1S/C64H38N4O2/c1-3-15-39(16-4-1)61-65-62(40-17-5-2-6-18-40)67-63(66-61)41-27-31-44(32-28-41)68-55-24-12-9-21-48(55)50-35-42(30-34-56(50)68)43-29-33-47-49-37-59-60(70-58-26-14-13-25-57(58)69-59)38-54(49)64(53(47)36-43)51-22-10-7-19-45(51)46-20-8-11-23-52(46)64/h1-38H. The number of hydrogen-bond acceptors (Lipinski definition) is 5. The molecule has 326 valence electrons. The van der Waals surface area contributed by atoms with Crippen molar-refractivity contribution in [1.82, 2.24) is 19.5 Å². The first-order valence-corrected chi connectivity index (χ1v) is 23.7. The highest BCUT2D eigenvalue weighted by Crippen LogP contribution is 2.65. The van der Waals surface area contributed by atoms with E-state index in [9.17, 15) is 0 Å². The van der Waals surface area contributed by atoms with Gasteiger partial charge in [-0.05, 0) is 128 Å². The Morgan fingerprint density at radius 3 is 1.43 bits per heavy atom. The van der Waals surface area contributed by atoms with Crippen LogP contribution in [0.1, 0.15) is 22.3 Å². The van der Waals surface area contributed by atoms with Gasteiger partial charge in [0.15, 0.2) is 40.5 Å². The Kier molecular flexibility index (Phi) is 8.18. The number of ether oxygens (including phenoxy) is 2. The van der Waals surface area contributed by atoms with Gasteiger partial charge in [0, 0.05) is 33.2 Å². The summed E-state index contributed by atoms with van der Waals surface area (Å²) in [7, 11) is 0. The maximum Gasteiger partial charge on any atom is 0.170 e. The van der Waals surface area contributed by atoms with E-state index in [0.29, 0.717) is 17.5 Å². The molecular weight excluding hydrogens is 857 g/mol. The summed E-state index contributed by atoms with van der Waals surface area (Å²) in [6.45, 7) is 0. The summed E-state index contributed by atoms with van der Waals surface area (Å²) < 4.78 is 15.5. The Labute approximate surface area is 403 Å². The summed E-state index contributed by atoms with van der Waals surface area (Å²) in [5.41, 5.74) is 17.7. The summed E-state index contributed by atoms with van der Waals surface area (Å²) in [6.07, 6.45) is 0. The molecule has 0 unspecified atom stereocenters. The van der Waals surface area contributed by atoms with E-state index >= 15 is 0 Å². The summed E-state index contributed by atoms with van der Waals surface area (Å²) in [4.78, 5) is 14.9. The van der Waals surface area contributed by atoms with Crippen LogP contribution in [-0.2, 0) is 5.41 Å². The highest BCUT2D eigenvalue weighted by Gasteiger charge is 2.52. The second-order valence-corrected chi connectivity index (χ2v) is 18.3. The zero-order valence-corrected chi connectivity index (χ0v) is 37.5. The molecule has 0 saturated carbocycles. The van der Waals surface area contributed by atoms with Crippen molar-refractivity contribution in [3.8, 4) is 96.2 Å². The molecule has 12 aromatic rings. The number of nitrogens with zero attached hydrogens (tertiary/aromatic N) is 4. The maximum absolute atomic E-state index is 6.61. The monoisotopic (exact) mass is 894 g/mol. The van der Waals surface area contributed by atoms with Gasteiger partial charge in [-0.3, -0.25) is 0 Å². The van der Waals surface area contributed by atoms with Gasteiger partial charge < -0.3 is 14.0 Å². The number of aromatic nitrogens is 4. The SMILES string of the molecule is c1ccc(-c2nc(-c3ccccc3)nc(-c3ccc(-n4c5ccccc5c5cc(-c6ccc7c(c6)C6(c8ccccc8-c8ccccc86)c6cc8c(cc6-7)Oc6ccccc6O8)ccc54)cc3)n2)cc1. The topological polar surface area (TPSA) is 62.1 Å². The molecule has 0 fully saturated rings. The van der Waals surface area contributed by atoms with Gasteiger partial charge in [0.25, 0.3) is 0 Å². The summed E-state index contributed by atoms with van der Waals surface area (Å²) >= 11 is 0. The summed E-state index contributed by atoms with van der Waals surface area (Å²) in [6, 6.07) is 81.6. The zero-order valence-electron chi connectivity index (χ0n) is 37.5. The minimum Gasteiger partial charge on any atom is -0.450 e. The molecular formula is C64H38N4O2. The molecule has 0 bridgehead atoms. The van der Waals surface area contributed by atoms with E-state index in [1.807, 2.05) is 84.9 Å². The average molecular weight is 895 g/mol. The molecule has 0 saturated heterocycles. The Balaban J connectivity index is 0.860. The smallest absolute Gasteiger partial charge is 0.170 e. The average Bonchev–Trinajstić information content (AvgIpc) is 4.03. The van der Waals surface area contributed by atoms with E-state index < -0.39 is 5.41 Å². The fraction of sp³-hybridized carbons (Fsp3) is 0.0156. The largest absolute Gasteiger partial charge is 0.450 e. The molecule has 3 heterocycles. The van der Waals surface area contributed by atoms with Gasteiger partial charge in [0.1, 0.15) is 0 Å². The van der Waals surface area contributed by atoms with E-state index in [1.54, 1.807) is 0 Å². The lowest BCUT2D eigenvalue weighted by molar-refractivity contribution is 0.359. The van der Waals surface area contributed by atoms with E-state index in [-0.39, 0.29) is 0 Å². The third kappa shape index (κ3) is 5.59. The van der Waals surface area contributed by atoms with Crippen molar-refractivity contribution in [2.45, 2.75) is 5.41 Å². The lowest BCUT2D eigenvalue weighted by Gasteiger charge is -2.31. The minimum atomic E-state index is -0.566. The normalized spacial score (nSPS) is 13.2. The first-order valence-electron chi connectivity index (χ1n) is 23.7. The Bertz CT molecular complexity index is 4020. The molecule has 1 spiro atoms. The van der Waals surface area contributed by atoms with E-state index in [0.717, 1.165) is 73.1 Å². The maximum atomic E-state index is 6.61. The van der Waals surface area contributed by atoms with Crippen LogP contribution >= 0.6 is 0 Å². The first kappa shape index (κ1) is 38.7. The molecule has 10 aromatic carbocycles. The number of hydrogen-bond donors (Lipinski definition) is 0. The van der Waals surface area contributed by atoms with E-state index in [4.69, 9.17) is 24.4 Å². The molecule has 2 aromatic heterocycles. The number of benzene rings is 10. The predicted molar refractivity (Wildman–Crippen MR) is 279 cm³/mol. The van der Waals surface area contributed by atoms with Gasteiger partial charge in [0.2, 0.25) is 0 Å². The van der Waals surface area contributed by atoms with Gasteiger partial charge >= 0.3 is 0 Å². The third-order valence-corrected chi connectivity index (χ3v) is 14.5. The van der Waals surface area contributed by atoms with Crippen molar-refractivity contribution < 1.29 is 9.47 Å². The lowest BCUT2D eigenvalue weighted by Crippen LogP contribution is -2.26. The molecule has 6 heteroatoms. The fourth-order valence-electron chi connectivity index (χ4n) is 11.5. The van der Waals surface area contributed by atoms with Crippen LogP contribution in [0.4, 0.5) is 0 Å². The minimum absolute atomic E-state index is 0.566. The third-order valence-electron chi connectivity index (χ3n) is 14.5. The van der Waals surface area contributed by atoms with Gasteiger partial charge in [-0.1, -0.05) is 158 Å². The van der Waals surface area contributed by atoms with Crippen molar-refractivity contribution in [2.24, 2.45) is 0 Å². The molecule has 1 aliphatic heterocycles. The number of fused-ring (bicyclic) bond motifs is 15. The first-order chi connectivity index (χ1) is 34.7. The van der Waals surface area contributed by atoms with Gasteiger partial charge in [-0.15, -0.1) is 0 Å². The molecule has 3 aliphatic rings. The molecule has 0 radical (unpaired) electrons. The van der Waals surface area contributed by atoms with Crippen LogP contribution in [0.2, 0.25) is 0 Å². The Hall–Kier alpha value is -9.39. The second kappa shape index (κ2) is 14.8. The summed E-state index contributed by atoms with van der Waals surface area (Å²) in [5.74, 6) is 4.80. The predicted octanol–water partition coefficient (Wildman–Crippen LogP) is 15.9. The van der Waals surface area contributed by atoms with Gasteiger partial charge in [-0.2, -0.15) is 0 Å².